The van der Waals surface area contributed by atoms with E-state index in [1.165, 1.54) is 14.7 Å². The quantitative estimate of drug-likeness (QED) is 0.268. The molecule has 0 fully saturated rings. The molecule has 0 saturated heterocycles. The van der Waals surface area contributed by atoms with Gasteiger partial charge in [-0.25, -0.2) is 9.56 Å². The average molecular weight is 623 g/mol. The van der Waals surface area contributed by atoms with Crippen molar-refractivity contribution in [3.63, 3.8) is 0 Å². The van der Waals surface area contributed by atoms with E-state index < -0.39 is 29.4 Å². The van der Waals surface area contributed by atoms with Gasteiger partial charge in [-0.15, -0.1) is 0 Å². The number of hydrogen-bond acceptors (Lipinski definition) is 6. The number of aryl methyl sites for hydroxylation is 1. The fourth-order valence-corrected chi connectivity index (χ4v) is 5.80. The van der Waals surface area contributed by atoms with E-state index in [-0.39, 0.29) is 37.4 Å². The van der Waals surface area contributed by atoms with E-state index in [2.05, 4.69) is 4.99 Å². The molecule has 238 valence electrons. The van der Waals surface area contributed by atoms with Crippen molar-refractivity contribution in [1.29, 1.82) is 0 Å². The Morgan fingerprint density at radius 3 is 2.33 bits per heavy atom. The first-order valence-electron chi connectivity index (χ1n) is 15.4. The summed E-state index contributed by atoms with van der Waals surface area (Å²) in [4.78, 5) is 64.4. The minimum atomic E-state index is -1.09. The van der Waals surface area contributed by atoms with Crippen LogP contribution in [0, 0.1) is 5.92 Å². The normalized spacial score (nSPS) is 18.0. The summed E-state index contributed by atoms with van der Waals surface area (Å²) in [6, 6.07) is 20.2. The highest BCUT2D eigenvalue weighted by atomic mass is 16.5. The molecule has 2 aromatic carbocycles. The smallest absolute Gasteiger partial charge is 0.295 e. The summed E-state index contributed by atoms with van der Waals surface area (Å²) < 4.78 is 7.60. The van der Waals surface area contributed by atoms with Gasteiger partial charge in [0.2, 0.25) is 0 Å². The molecule has 2 aliphatic rings. The van der Waals surface area contributed by atoms with Crippen molar-refractivity contribution < 1.29 is 28.5 Å². The van der Waals surface area contributed by atoms with Crippen LogP contribution in [0.5, 0.6) is 0 Å². The van der Waals surface area contributed by atoms with Crippen LogP contribution in [0.25, 0.3) is 5.70 Å². The molecule has 1 aromatic heterocycles. The lowest BCUT2D eigenvalue weighted by molar-refractivity contribution is -0.671. The van der Waals surface area contributed by atoms with E-state index in [0.29, 0.717) is 23.1 Å². The Labute approximate surface area is 269 Å². The van der Waals surface area contributed by atoms with Gasteiger partial charge in [0.25, 0.3) is 23.7 Å². The summed E-state index contributed by atoms with van der Waals surface area (Å²) in [6.07, 6.45) is 6.00. The summed E-state index contributed by atoms with van der Waals surface area (Å²) in [7, 11) is 1.83. The lowest BCUT2D eigenvalue weighted by atomic mass is 9.93. The maximum absolute atomic E-state index is 14.9. The fourth-order valence-electron chi connectivity index (χ4n) is 5.80. The van der Waals surface area contributed by atoms with E-state index in [4.69, 9.17) is 4.74 Å². The molecule has 10 nitrogen and oxygen atoms in total. The van der Waals surface area contributed by atoms with Crippen molar-refractivity contribution in [1.82, 2.24) is 14.7 Å². The number of aldehydes is 1. The standard InChI is InChI=1S/C36H40N5O5/c1-25(2)31-34(45)41(30(27-15-10-7-11-16-27)23-40(31)32(43)28-17-12-18-38(5)22-28)29(21-26-13-8-6-9-14-26)33(44)39(19-20-42)35-37-36(3,4)24-46-35/h6-18,20,22-23,25,29,31H,19,21,24H2,1-5H3/q+1/t29-,31+/m0/s1. The van der Waals surface area contributed by atoms with Gasteiger partial charge in [-0.3, -0.25) is 29.1 Å². The van der Waals surface area contributed by atoms with Gasteiger partial charge >= 0.3 is 0 Å². The second-order valence-corrected chi connectivity index (χ2v) is 12.6. The molecular weight excluding hydrogens is 582 g/mol. The zero-order chi connectivity index (χ0) is 33.0. The Bertz CT molecular complexity index is 1670. The number of amides is 3. The number of ether oxygens (including phenoxy) is 1. The van der Waals surface area contributed by atoms with Crippen LogP contribution in [0.15, 0.2) is 96.4 Å². The number of amidine groups is 1. The number of carbonyl (C=O) groups is 4. The fraction of sp³-hybridized carbons (Fsp3) is 0.333. The topological polar surface area (TPSA) is 103 Å². The van der Waals surface area contributed by atoms with Crippen LogP contribution in [-0.2, 0) is 32.6 Å². The van der Waals surface area contributed by atoms with Gasteiger partial charge in [-0.05, 0) is 37.0 Å². The second-order valence-electron chi connectivity index (χ2n) is 12.6. The summed E-state index contributed by atoms with van der Waals surface area (Å²) in [5.74, 6) is -1.55. The Hall–Kier alpha value is -5.12. The third-order valence-corrected chi connectivity index (χ3v) is 8.01. The number of aliphatic imine (C=N–C) groups is 1. The van der Waals surface area contributed by atoms with Crippen LogP contribution in [0.1, 0.15) is 49.2 Å². The largest absolute Gasteiger partial charge is 0.462 e. The van der Waals surface area contributed by atoms with Crippen molar-refractivity contribution in [3.8, 4) is 0 Å². The summed E-state index contributed by atoms with van der Waals surface area (Å²) in [5, 5.41) is 0. The van der Waals surface area contributed by atoms with E-state index >= 15 is 0 Å². The molecule has 3 heterocycles. The number of nitrogens with zero attached hydrogens (tertiary/aromatic N) is 5. The van der Waals surface area contributed by atoms with Crippen LogP contribution in [-0.4, -0.2) is 75.5 Å². The van der Waals surface area contributed by atoms with Crippen LogP contribution >= 0.6 is 0 Å². The highest BCUT2D eigenvalue weighted by molar-refractivity contribution is 6.06. The predicted octanol–water partition coefficient (Wildman–Crippen LogP) is 3.62. The zero-order valence-corrected chi connectivity index (χ0v) is 26.9. The summed E-state index contributed by atoms with van der Waals surface area (Å²) in [5.41, 5.74) is 1.70. The van der Waals surface area contributed by atoms with Crippen molar-refractivity contribution in [2.75, 3.05) is 13.2 Å². The highest BCUT2D eigenvalue weighted by Gasteiger charge is 2.47. The zero-order valence-electron chi connectivity index (χ0n) is 26.9. The molecule has 3 aromatic rings. The van der Waals surface area contributed by atoms with Gasteiger partial charge in [0, 0.05) is 18.7 Å². The van der Waals surface area contributed by atoms with E-state index in [1.54, 1.807) is 29.1 Å². The molecule has 0 bridgehead atoms. The number of carbonyl (C=O) groups excluding carboxylic acids is 4. The minimum Gasteiger partial charge on any atom is -0.462 e. The number of aromatic nitrogens is 1. The maximum atomic E-state index is 14.9. The van der Waals surface area contributed by atoms with E-state index in [1.807, 2.05) is 102 Å². The number of hydrogen-bond donors (Lipinski definition) is 0. The molecule has 2 aliphatic heterocycles. The van der Waals surface area contributed by atoms with Crippen molar-refractivity contribution in [2.24, 2.45) is 18.0 Å². The van der Waals surface area contributed by atoms with Gasteiger partial charge in [0.05, 0.1) is 17.8 Å². The first-order valence-corrected chi connectivity index (χ1v) is 15.4. The summed E-state index contributed by atoms with van der Waals surface area (Å²) >= 11 is 0. The van der Waals surface area contributed by atoms with Crippen LogP contribution in [0.3, 0.4) is 0 Å². The van der Waals surface area contributed by atoms with Crippen LogP contribution < -0.4 is 4.57 Å². The Balaban J connectivity index is 1.69. The van der Waals surface area contributed by atoms with Gasteiger partial charge in [0.15, 0.2) is 12.4 Å². The maximum Gasteiger partial charge on any atom is 0.295 e. The Morgan fingerprint density at radius 1 is 1.07 bits per heavy atom. The average Bonchev–Trinajstić information content (AvgIpc) is 3.41. The number of benzene rings is 2. The van der Waals surface area contributed by atoms with E-state index in [9.17, 15) is 19.2 Å². The first kappa shape index (κ1) is 32.3. The SMILES string of the molecule is CC(C)[C@@H]1C(=O)N([C@@H](Cc2ccccc2)C(=O)N(CC=O)C2=NC(C)(C)CO2)C(c2ccccc2)=CN1C(=O)c1ccc[n+](C)c1. The summed E-state index contributed by atoms with van der Waals surface area (Å²) in [6.45, 7) is 7.46. The molecule has 2 atom stereocenters. The van der Waals surface area contributed by atoms with Crippen molar-refractivity contribution in [3.05, 3.63) is 108 Å². The molecule has 0 radical (unpaired) electrons. The lowest BCUT2D eigenvalue weighted by Gasteiger charge is -2.44. The molecular formula is C36H40N5O5+. The molecule has 10 heteroatoms. The number of pyridine rings is 1. The second kappa shape index (κ2) is 13.5. The van der Waals surface area contributed by atoms with Gasteiger partial charge in [-0.2, -0.15) is 0 Å². The van der Waals surface area contributed by atoms with E-state index in [0.717, 1.165) is 5.56 Å². The third kappa shape index (κ3) is 6.75. The molecule has 0 spiro atoms. The van der Waals surface area contributed by atoms with Gasteiger partial charge in [-0.1, -0.05) is 74.5 Å². The monoisotopic (exact) mass is 622 g/mol. The lowest BCUT2D eigenvalue weighted by Crippen LogP contribution is -2.61. The Morgan fingerprint density at radius 2 is 1.74 bits per heavy atom. The van der Waals surface area contributed by atoms with Gasteiger partial charge in [0.1, 0.15) is 37.6 Å². The molecule has 0 aliphatic carbocycles. The van der Waals surface area contributed by atoms with Crippen LogP contribution in [0.2, 0.25) is 0 Å². The molecule has 46 heavy (non-hydrogen) atoms. The van der Waals surface area contributed by atoms with Crippen molar-refractivity contribution >= 4 is 35.7 Å². The molecule has 5 rings (SSSR count). The predicted molar refractivity (Wildman–Crippen MR) is 173 cm³/mol. The van der Waals surface area contributed by atoms with Crippen molar-refractivity contribution in [2.45, 2.75) is 51.7 Å². The first-order chi connectivity index (χ1) is 22.0. The highest BCUT2D eigenvalue weighted by Crippen LogP contribution is 2.34. The van der Waals surface area contributed by atoms with Gasteiger partial charge < -0.3 is 9.53 Å². The Kier molecular flexibility index (Phi) is 9.46. The molecule has 0 unspecified atom stereocenters. The van der Waals surface area contributed by atoms with Crippen LogP contribution in [0.4, 0.5) is 0 Å². The minimum absolute atomic E-state index is 0.0454. The molecule has 0 N–H and O–H groups in total. The third-order valence-electron chi connectivity index (χ3n) is 8.01. The molecule has 0 saturated carbocycles. The number of rotatable bonds is 9. The molecule has 3 amide bonds.